The standard InChI is InChI=1S/C12H15FN2O2/c1-9(16)5-6-14-12(17)15-8-10-3-2-4-11(13)7-10/h2-4,7H,5-6,8H2,1H3,(H2,14,15,17). The third-order valence-electron chi connectivity index (χ3n) is 2.10. The summed E-state index contributed by atoms with van der Waals surface area (Å²) in [7, 11) is 0. The first-order valence-electron chi connectivity index (χ1n) is 5.33. The predicted molar refractivity (Wildman–Crippen MR) is 61.9 cm³/mol. The Kier molecular flexibility index (Phi) is 5.13. The maximum absolute atomic E-state index is 12.8. The minimum atomic E-state index is -0.365. The fraction of sp³-hybridized carbons (Fsp3) is 0.333. The number of rotatable bonds is 5. The molecule has 0 saturated carbocycles. The van der Waals surface area contributed by atoms with Crippen molar-refractivity contribution in [2.75, 3.05) is 6.54 Å². The highest BCUT2D eigenvalue weighted by Gasteiger charge is 2.01. The molecule has 0 aliphatic rings. The van der Waals surface area contributed by atoms with Crippen LogP contribution < -0.4 is 10.6 Å². The molecule has 5 heteroatoms. The summed E-state index contributed by atoms with van der Waals surface area (Å²) < 4.78 is 12.8. The lowest BCUT2D eigenvalue weighted by Gasteiger charge is -2.06. The minimum Gasteiger partial charge on any atom is -0.338 e. The van der Waals surface area contributed by atoms with Gasteiger partial charge >= 0.3 is 6.03 Å². The van der Waals surface area contributed by atoms with Crippen LogP contribution in [0.2, 0.25) is 0 Å². The minimum absolute atomic E-state index is 0.0235. The smallest absolute Gasteiger partial charge is 0.315 e. The summed E-state index contributed by atoms with van der Waals surface area (Å²) in [4.78, 5) is 21.9. The second kappa shape index (κ2) is 6.62. The van der Waals surface area contributed by atoms with Crippen LogP contribution in [0.3, 0.4) is 0 Å². The molecule has 1 aromatic carbocycles. The van der Waals surface area contributed by atoms with Crippen LogP contribution in [0, 0.1) is 5.82 Å². The molecule has 0 unspecified atom stereocenters. The van der Waals surface area contributed by atoms with Crippen molar-refractivity contribution in [1.29, 1.82) is 0 Å². The summed E-state index contributed by atoms with van der Waals surface area (Å²) in [6, 6.07) is 5.64. The van der Waals surface area contributed by atoms with E-state index < -0.39 is 0 Å². The monoisotopic (exact) mass is 238 g/mol. The third-order valence-corrected chi connectivity index (χ3v) is 2.10. The van der Waals surface area contributed by atoms with E-state index in [0.29, 0.717) is 18.5 Å². The summed E-state index contributed by atoms with van der Waals surface area (Å²) >= 11 is 0. The summed E-state index contributed by atoms with van der Waals surface area (Å²) in [5.74, 6) is -0.309. The molecule has 2 N–H and O–H groups in total. The topological polar surface area (TPSA) is 58.2 Å². The number of urea groups is 1. The molecule has 4 nitrogen and oxygen atoms in total. The van der Waals surface area contributed by atoms with E-state index >= 15 is 0 Å². The lowest BCUT2D eigenvalue weighted by Crippen LogP contribution is -2.36. The number of hydrogen-bond acceptors (Lipinski definition) is 2. The van der Waals surface area contributed by atoms with Crippen molar-refractivity contribution in [3.8, 4) is 0 Å². The van der Waals surface area contributed by atoms with Crippen LogP contribution in [0.25, 0.3) is 0 Å². The molecule has 0 aromatic heterocycles. The third kappa shape index (κ3) is 5.65. The fourth-order valence-electron chi connectivity index (χ4n) is 1.24. The Balaban J connectivity index is 2.26. The molecular weight excluding hydrogens is 223 g/mol. The Bertz CT molecular complexity index is 407. The molecule has 0 heterocycles. The number of carbonyl (C=O) groups is 2. The van der Waals surface area contributed by atoms with Crippen molar-refractivity contribution in [3.63, 3.8) is 0 Å². The zero-order valence-electron chi connectivity index (χ0n) is 9.63. The molecule has 0 bridgehead atoms. The molecular formula is C12H15FN2O2. The lowest BCUT2D eigenvalue weighted by molar-refractivity contribution is -0.116. The molecule has 2 amide bonds. The van der Waals surface area contributed by atoms with Gasteiger partial charge in [0.2, 0.25) is 0 Å². The summed E-state index contributed by atoms with van der Waals surface area (Å²) in [6.45, 7) is 2.03. The van der Waals surface area contributed by atoms with E-state index in [1.165, 1.54) is 19.1 Å². The second-order valence-electron chi connectivity index (χ2n) is 3.69. The number of halogens is 1. The number of carbonyl (C=O) groups excluding carboxylic acids is 2. The lowest BCUT2D eigenvalue weighted by atomic mass is 10.2. The van der Waals surface area contributed by atoms with Crippen molar-refractivity contribution < 1.29 is 14.0 Å². The predicted octanol–water partition coefficient (Wildman–Crippen LogP) is 1.60. The molecule has 1 aromatic rings. The summed E-state index contributed by atoms with van der Waals surface area (Å²) in [6.07, 6.45) is 0.313. The van der Waals surface area contributed by atoms with Gasteiger partial charge in [0.15, 0.2) is 0 Å². The van der Waals surface area contributed by atoms with Crippen molar-refractivity contribution >= 4 is 11.8 Å². The molecule has 17 heavy (non-hydrogen) atoms. The first-order valence-corrected chi connectivity index (χ1v) is 5.33. The Morgan fingerprint density at radius 1 is 1.29 bits per heavy atom. The molecule has 0 aliphatic heterocycles. The Labute approximate surface area is 99.2 Å². The van der Waals surface area contributed by atoms with Gasteiger partial charge in [-0.2, -0.15) is 0 Å². The van der Waals surface area contributed by atoms with Crippen LogP contribution in [0.15, 0.2) is 24.3 Å². The second-order valence-corrected chi connectivity index (χ2v) is 3.69. The first-order chi connectivity index (χ1) is 8.08. The van der Waals surface area contributed by atoms with E-state index in [-0.39, 0.29) is 24.2 Å². The van der Waals surface area contributed by atoms with E-state index in [2.05, 4.69) is 10.6 Å². The van der Waals surface area contributed by atoms with Gasteiger partial charge in [0, 0.05) is 19.5 Å². The van der Waals surface area contributed by atoms with Crippen molar-refractivity contribution in [2.24, 2.45) is 0 Å². The average molecular weight is 238 g/mol. The van der Waals surface area contributed by atoms with Gasteiger partial charge in [0.05, 0.1) is 0 Å². The largest absolute Gasteiger partial charge is 0.338 e. The van der Waals surface area contributed by atoms with Gasteiger partial charge in [-0.05, 0) is 24.6 Å². The Morgan fingerprint density at radius 3 is 2.71 bits per heavy atom. The molecule has 0 spiro atoms. The van der Waals surface area contributed by atoms with Gasteiger partial charge in [-0.25, -0.2) is 9.18 Å². The van der Waals surface area contributed by atoms with E-state index in [4.69, 9.17) is 0 Å². The molecule has 0 aliphatic carbocycles. The van der Waals surface area contributed by atoms with Gasteiger partial charge < -0.3 is 10.6 Å². The Morgan fingerprint density at radius 2 is 2.06 bits per heavy atom. The van der Waals surface area contributed by atoms with E-state index in [9.17, 15) is 14.0 Å². The van der Waals surface area contributed by atoms with Gasteiger partial charge in [-0.1, -0.05) is 12.1 Å². The molecule has 1 rings (SSSR count). The van der Waals surface area contributed by atoms with E-state index in [1.54, 1.807) is 12.1 Å². The number of nitrogens with one attached hydrogen (secondary N) is 2. The highest BCUT2D eigenvalue weighted by molar-refractivity contribution is 5.77. The van der Waals surface area contributed by atoms with Crippen molar-refractivity contribution in [3.05, 3.63) is 35.6 Å². The van der Waals surface area contributed by atoms with Crippen molar-refractivity contribution in [1.82, 2.24) is 10.6 Å². The van der Waals surface area contributed by atoms with E-state index in [0.717, 1.165) is 0 Å². The maximum atomic E-state index is 12.8. The molecule has 0 fully saturated rings. The zero-order chi connectivity index (χ0) is 12.7. The number of ketones is 1. The highest BCUT2D eigenvalue weighted by atomic mass is 19.1. The SMILES string of the molecule is CC(=O)CCNC(=O)NCc1cccc(F)c1. The molecule has 0 radical (unpaired) electrons. The van der Waals surface area contributed by atoms with Crippen LogP contribution in [0.4, 0.5) is 9.18 Å². The van der Waals surface area contributed by atoms with E-state index in [1.807, 2.05) is 0 Å². The van der Waals surface area contributed by atoms with Crippen LogP contribution in [0.1, 0.15) is 18.9 Å². The summed E-state index contributed by atoms with van der Waals surface area (Å²) in [5.41, 5.74) is 0.687. The summed E-state index contributed by atoms with van der Waals surface area (Å²) in [5, 5.41) is 5.11. The van der Waals surface area contributed by atoms with Crippen LogP contribution >= 0.6 is 0 Å². The quantitative estimate of drug-likeness (QED) is 0.818. The first kappa shape index (κ1) is 13.2. The van der Waals surface area contributed by atoms with Crippen molar-refractivity contribution in [2.45, 2.75) is 19.9 Å². The normalized spacial score (nSPS) is 9.76. The average Bonchev–Trinajstić information content (AvgIpc) is 2.26. The van der Waals surface area contributed by atoms with Crippen LogP contribution in [-0.4, -0.2) is 18.4 Å². The Hall–Kier alpha value is -1.91. The zero-order valence-corrected chi connectivity index (χ0v) is 9.63. The number of benzene rings is 1. The number of amides is 2. The molecule has 0 saturated heterocycles. The van der Waals surface area contributed by atoms with Crippen LogP contribution in [-0.2, 0) is 11.3 Å². The van der Waals surface area contributed by atoms with Gasteiger partial charge in [-0.3, -0.25) is 4.79 Å². The fourth-order valence-corrected chi connectivity index (χ4v) is 1.24. The number of hydrogen-bond donors (Lipinski definition) is 2. The van der Waals surface area contributed by atoms with Gasteiger partial charge in [0.1, 0.15) is 11.6 Å². The number of Topliss-reactive ketones (excluding diaryl/α,β-unsaturated/α-hetero) is 1. The van der Waals surface area contributed by atoms with Crippen LogP contribution in [0.5, 0.6) is 0 Å². The maximum Gasteiger partial charge on any atom is 0.315 e. The molecule has 0 atom stereocenters. The van der Waals surface area contributed by atoms with Gasteiger partial charge in [0.25, 0.3) is 0 Å². The van der Waals surface area contributed by atoms with Gasteiger partial charge in [-0.15, -0.1) is 0 Å². The molecule has 92 valence electrons. The highest BCUT2D eigenvalue weighted by Crippen LogP contribution is 2.02.